The average Bonchev–Trinajstić information content (AvgIpc) is 2.48. The molecule has 2 heterocycles. The molecular weight excluding hydrogens is 238 g/mol. The van der Waals surface area contributed by atoms with Crippen molar-refractivity contribution in [3.05, 3.63) is 36.5 Å². The zero-order valence-electron chi connectivity index (χ0n) is 10.7. The zero-order valence-corrected chi connectivity index (χ0v) is 10.7. The van der Waals surface area contributed by atoms with Gasteiger partial charge in [-0.15, -0.1) is 0 Å². The molecule has 0 unspecified atom stereocenters. The summed E-state index contributed by atoms with van der Waals surface area (Å²) in [5.74, 6) is 0.157. The molecular formula is C15H17N3O. The van der Waals surface area contributed by atoms with E-state index in [1.54, 1.807) is 6.20 Å². The minimum Gasteiger partial charge on any atom is -0.324 e. The average molecular weight is 255 g/mol. The van der Waals surface area contributed by atoms with E-state index in [0.717, 1.165) is 42.5 Å². The standard InChI is InChI=1S/C15H17N3O/c19-15(12-5-3-7-16-9-12)18-13-8-11-4-1-2-6-14(11)17-10-13/h1-2,4,6,8,10,12,16H,3,5,7,9H2,(H,18,19)/t12-/m0/s1. The predicted octanol–water partition coefficient (Wildman–Crippen LogP) is 2.17. The van der Waals surface area contributed by atoms with Crippen LogP contribution in [0.25, 0.3) is 10.9 Å². The summed E-state index contributed by atoms with van der Waals surface area (Å²) in [5, 5.41) is 7.26. The Morgan fingerprint density at radius 1 is 1.37 bits per heavy atom. The van der Waals surface area contributed by atoms with E-state index in [2.05, 4.69) is 15.6 Å². The zero-order chi connectivity index (χ0) is 13.1. The second kappa shape index (κ2) is 5.36. The Labute approximate surface area is 112 Å². The van der Waals surface area contributed by atoms with Gasteiger partial charge >= 0.3 is 0 Å². The van der Waals surface area contributed by atoms with Gasteiger partial charge in [0.25, 0.3) is 0 Å². The van der Waals surface area contributed by atoms with Crippen LogP contribution in [-0.4, -0.2) is 24.0 Å². The van der Waals surface area contributed by atoms with Gasteiger partial charge in [0.2, 0.25) is 5.91 Å². The second-order valence-electron chi connectivity index (χ2n) is 4.95. The van der Waals surface area contributed by atoms with Crippen molar-refractivity contribution in [3.63, 3.8) is 0 Å². The largest absolute Gasteiger partial charge is 0.324 e. The molecule has 1 atom stereocenters. The highest BCUT2D eigenvalue weighted by molar-refractivity contribution is 5.94. The molecule has 3 rings (SSSR count). The number of rotatable bonds is 2. The lowest BCUT2D eigenvalue weighted by Crippen LogP contribution is -2.37. The van der Waals surface area contributed by atoms with Crippen molar-refractivity contribution < 1.29 is 4.79 Å². The highest BCUT2D eigenvalue weighted by Gasteiger charge is 2.20. The lowest BCUT2D eigenvalue weighted by atomic mass is 9.99. The van der Waals surface area contributed by atoms with E-state index in [0.29, 0.717) is 0 Å². The Hall–Kier alpha value is -1.94. The number of para-hydroxylation sites is 1. The maximum atomic E-state index is 12.1. The van der Waals surface area contributed by atoms with Gasteiger partial charge in [0.05, 0.1) is 23.3 Å². The number of hydrogen-bond acceptors (Lipinski definition) is 3. The number of amides is 1. The number of piperidine rings is 1. The highest BCUT2D eigenvalue weighted by Crippen LogP contribution is 2.18. The number of fused-ring (bicyclic) bond motifs is 1. The lowest BCUT2D eigenvalue weighted by Gasteiger charge is -2.21. The van der Waals surface area contributed by atoms with Crippen molar-refractivity contribution >= 4 is 22.5 Å². The van der Waals surface area contributed by atoms with Gasteiger partial charge in [-0.3, -0.25) is 9.78 Å². The fourth-order valence-corrected chi connectivity index (χ4v) is 2.46. The minimum atomic E-state index is 0.0696. The molecule has 0 bridgehead atoms. The van der Waals surface area contributed by atoms with Gasteiger partial charge in [0.1, 0.15) is 0 Å². The molecule has 98 valence electrons. The van der Waals surface area contributed by atoms with Gasteiger partial charge in [0, 0.05) is 11.9 Å². The third-order valence-electron chi connectivity index (χ3n) is 3.53. The maximum absolute atomic E-state index is 12.1. The number of anilines is 1. The van der Waals surface area contributed by atoms with Crippen LogP contribution in [0.4, 0.5) is 5.69 Å². The Morgan fingerprint density at radius 2 is 2.26 bits per heavy atom. The molecule has 2 N–H and O–H groups in total. The van der Waals surface area contributed by atoms with Gasteiger partial charge in [-0.05, 0) is 31.5 Å². The van der Waals surface area contributed by atoms with E-state index >= 15 is 0 Å². The van der Waals surface area contributed by atoms with Gasteiger partial charge in [0.15, 0.2) is 0 Å². The van der Waals surface area contributed by atoms with E-state index in [9.17, 15) is 4.79 Å². The molecule has 4 heteroatoms. The summed E-state index contributed by atoms with van der Waals surface area (Å²) in [6, 6.07) is 9.87. The van der Waals surface area contributed by atoms with Crippen LogP contribution < -0.4 is 10.6 Å². The number of aromatic nitrogens is 1. The third-order valence-corrected chi connectivity index (χ3v) is 3.53. The van der Waals surface area contributed by atoms with Crippen molar-refractivity contribution in [1.82, 2.24) is 10.3 Å². The predicted molar refractivity (Wildman–Crippen MR) is 76.0 cm³/mol. The third kappa shape index (κ3) is 2.74. The molecule has 1 saturated heterocycles. The summed E-state index contributed by atoms with van der Waals surface area (Å²) >= 11 is 0. The van der Waals surface area contributed by atoms with Crippen molar-refractivity contribution in [2.75, 3.05) is 18.4 Å². The van der Waals surface area contributed by atoms with Crippen molar-refractivity contribution in [1.29, 1.82) is 0 Å². The Balaban J connectivity index is 1.75. The number of nitrogens with one attached hydrogen (secondary N) is 2. The first-order chi connectivity index (χ1) is 9.33. The van der Waals surface area contributed by atoms with Gasteiger partial charge in [-0.25, -0.2) is 0 Å². The quantitative estimate of drug-likeness (QED) is 0.864. The smallest absolute Gasteiger partial charge is 0.228 e. The van der Waals surface area contributed by atoms with E-state index in [-0.39, 0.29) is 11.8 Å². The molecule has 1 aromatic carbocycles. The van der Waals surface area contributed by atoms with Crippen molar-refractivity contribution in [3.8, 4) is 0 Å². The minimum absolute atomic E-state index is 0.0696. The number of carbonyl (C=O) groups is 1. The van der Waals surface area contributed by atoms with E-state index in [1.165, 1.54) is 0 Å². The van der Waals surface area contributed by atoms with Gasteiger partial charge in [-0.2, -0.15) is 0 Å². The van der Waals surface area contributed by atoms with Crippen LogP contribution in [-0.2, 0) is 4.79 Å². The molecule has 2 aromatic rings. The fraction of sp³-hybridized carbons (Fsp3) is 0.333. The fourth-order valence-electron chi connectivity index (χ4n) is 2.46. The van der Waals surface area contributed by atoms with Crippen LogP contribution in [0.15, 0.2) is 36.5 Å². The molecule has 1 aliphatic heterocycles. The van der Waals surface area contributed by atoms with Crippen molar-refractivity contribution in [2.45, 2.75) is 12.8 Å². The monoisotopic (exact) mass is 255 g/mol. The first kappa shape index (κ1) is 12.1. The molecule has 1 aromatic heterocycles. The topological polar surface area (TPSA) is 54.0 Å². The van der Waals surface area contributed by atoms with Crippen LogP contribution in [0.3, 0.4) is 0 Å². The van der Waals surface area contributed by atoms with Crippen LogP contribution in [0.2, 0.25) is 0 Å². The summed E-state index contributed by atoms with van der Waals surface area (Å²) in [6.45, 7) is 1.79. The molecule has 0 aliphatic carbocycles. The van der Waals surface area contributed by atoms with Crippen LogP contribution in [0.1, 0.15) is 12.8 Å². The van der Waals surface area contributed by atoms with E-state index < -0.39 is 0 Å². The van der Waals surface area contributed by atoms with Crippen LogP contribution in [0, 0.1) is 5.92 Å². The van der Waals surface area contributed by atoms with Crippen molar-refractivity contribution in [2.24, 2.45) is 5.92 Å². The summed E-state index contributed by atoms with van der Waals surface area (Å²) in [7, 11) is 0. The summed E-state index contributed by atoms with van der Waals surface area (Å²) in [6.07, 6.45) is 3.74. The van der Waals surface area contributed by atoms with Crippen LogP contribution in [0.5, 0.6) is 0 Å². The molecule has 1 aliphatic rings. The molecule has 19 heavy (non-hydrogen) atoms. The van der Waals surface area contributed by atoms with Crippen LogP contribution >= 0.6 is 0 Å². The van der Waals surface area contributed by atoms with Gasteiger partial charge in [-0.1, -0.05) is 18.2 Å². The number of pyridine rings is 1. The van der Waals surface area contributed by atoms with E-state index in [4.69, 9.17) is 0 Å². The first-order valence-electron chi connectivity index (χ1n) is 6.69. The Bertz CT molecular complexity index is 591. The Morgan fingerprint density at radius 3 is 3.11 bits per heavy atom. The second-order valence-corrected chi connectivity index (χ2v) is 4.95. The normalized spacial score (nSPS) is 19.3. The number of benzene rings is 1. The summed E-state index contributed by atoms with van der Waals surface area (Å²) in [5.41, 5.74) is 1.72. The van der Waals surface area contributed by atoms with Gasteiger partial charge < -0.3 is 10.6 Å². The SMILES string of the molecule is O=C(Nc1cnc2ccccc2c1)[C@H]1CCCNC1. The molecule has 1 fully saturated rings. The van der Waals surface area contributed by atoms with E-state index in [1.807, 2.05) is 30.3 Å². The summed E-state index contributed by atoms with van der Waals surface area (Å²) < 4.78 is 0. The highest BCUT2D eigenvalue weighted by atomic mass is 16.1. The molecule has 0 spiro atoms. The number of nitrogens with zero attached hydrogens (tertiary/aromatic N) is 1. The first-order valence-corrected chi connectivity index (χ1v) is 6.69. The maximum Gasteiger partial charge on any atom is 0.228 e. The molecule has 0 saturated carbocycles. The number of hydrogen-bond donors (Lipinski definition) is 2. The molecule has 1 amide bonds. The lowest BCUT2D eigenvalue weighted by molar-refractivity contribution is -0.120. The molecule has 4 nitrogen and oxygen atoms in total. The Kier molecular flexibility index (Phi) is 3.42. The number of carbonyl (C=O) groups excluding carboxylic acids is 1. The summed E-state index contributed by atoms with van der Waals surface area (Å²) in [4.78, 5) is 16.5. The molecule has 0 radical (unpaired) electrons.